The van der Waals surface area contributed by atoms with Crippen molar-refractivity contribution in [2.24, 2.45) is 11.8 Å². The first-order chi connectivity index (χ1) is 13.2. The fourth-order valence-corrected chi connectivity index (χ4v) is 5.02. The minimum atomic E-state index is 0.00144. The first kappa shape index (κ1) is 18.5. The van der Waals surface area contributed by atoms with Crippen molar-refractivity contribution in [2.75, 3.05) is 13.1 Å². The molecule has 2 aliphatic heterocycles. The number of rotatable bonds is 4. The summed E-state index contributed by atoms with van der Waals surface area (Å²) in [5.41, 5.74) is 1.12. The van der Waals surface area contributed by atoms with Gasteiger partial charge in [0.15, 0.2) is 0 Å². The van der Waals surface area contributed by atoms with Crippen LogP contribution in [0.5, 0.6) is 0 Å². The second-order valence-electron chi connectivity index (χ2n) is 8.41. The van der Waals surface area contributed by atoms with E-state index in [1.165, 1.54) is 25.7 Å². The summed E-state index contributed by atoms with van der Waals surface area (Å²) < 4.78 is 0. The van der Waals surface area contributed by atoms with Gasteiger partial charge in [-0.15, -0.1) is 0 Å². The molecular formula is C22H31N3O2. The second-order valence-corrected chi connectivity index (χ2v) is 8.41. The van der Waals surface area contributed by atoms with Gasteiger partial charge in [-0.3, -0.25) is 9.59 Å². The molecule has 3 fully saturated rings. The van der Waals surface area contributed by atoms with Gasteiger partial charge in [-0.2, -0.15) is 0 Å². The molecule has 0 bridgehead atoms. The Kier molecular flexibility index (Phi) is 5.77. The first-order valence-electron chi connectivity index (χ1n) is 10.6. The van der Waals surface area contributed by atoms with Gasteiger partial charge in [0.05, 0.1) is 6.04 Å². The van der Waals surface area contributed by atoms with Crippen molar-refractivity contribution in [3.05, 3.63) is 35.9 Å². The van der Waals surface area contributed by atoms with Gasteiger partial charge in [-0.25, -0.2) is 0 Å². The predicted molar refractivity (Wildman–Crippen MR) is 105 cm³/mol. The van der Waals surface area contributed by atoms with Crippen molar-refractivity contribution in [3.63, 3.8) is 0 Å². The van der Waals surface area contributed by atoms with Crippen molar-refractivity contribution in [3.8, 4) is 0 Å². The molecule has 1 aromatic carbocycles. The number of fused-ring (bicyclic) bond motifs is 1. The number of amides is 2. The molecule has 2 N–H and O–H groups in total. The molecule has 0 radical (unpaired) electrons. The van der Waals surface area contributed by atoms with Crippen molar-refractivity contribution in [1.29, 1.82) is 0 Å². The third-order valence-corrected chi connectivity index (χ3v) is 6.65. The lowest BCUT2D eigenvalue weighted by atomic mass is 9.85. The van der Waals surface area contributed by atoms with Crippen LogP contribution in [0, 0.1) is 11.8 Å². The maximum Gasteiger partial charge on any atom is 0.239 e. The molecule has 2 amide bonds. The lowest BCUT2D eigenvalue weighted by molar-refractivity contribution is -0.137. The van der Waals surface area contributed by atoms with Gasteiger partial charge in [-0.05, 0) is 43.6 Å². The van der Waals surface area contributed by atoms with Crippen LogP contribution in [0.15, 0.2) is 30.3 Å². The van der Waals surface area contributed by atoms with Gasteiger partial charge < -0.3 is 15.5 Å². The van der Waals surface area contributed by atoms with Gasteiger partial charge >= 0.3 is 0 Å². The summed E-state index contributed by atoms with van der Waals surface area (Å²) in [6.07, 6.45) is 7.63. The Bertz CT molecular complexity index is 641. The summed E-state index contributed by atoms with van der Waals surface area (Å²) in [5, 5.41) is 6.64. The highest BCUT2D eigenvalue weighted by atomic mass is 16.2. The van der Waals surface area contributed by atoms with Gasteiger partial charge in [0.25, 0.3) is 0 Å². The standard InChI is InChI=1S/C22H31N3O2/c26-21(23-15-16-6-2-1-3-7-16)17-10-12-25(13-11-17)22(27)20-14-18-8-4-5-9-19(18)24-20/h1-3,6-7,17-20,24H,4-5,8-15H2,(H,23,26). The highest BCUT2D eigenvalue weighted by molar-refractivity contribution is 5.83. The molecule has 4 rings (SSSR count). The quantitative estimate of drug-likeness (QED) is 0.857. The number of hydrogen-bond donors (Lipinski definition) is 2. The third-order valence-electron chi connectivity index (χ3n) is 6.65. The number of likely N-dealkylation sites (tertiary alicyclic amines) is 1. The molecule has 3 unspecified atom stereocenters. The number of nitrogens with zero attached hydrogens (tertiary/aromatic N) is 1. The summed E-state index contributed by atoms with van der Waals surface area (Å²) in [5.74, 6) is 1.09. The van der Waals surface area contributed by atoms with Crippen LogP contribution in [-0.2, 0) is 16.1 Å². The largest absolute Gasteiger partial charge is 0.352 e. The van der Waals surface area contributed by atoms with E-state index in [1.807, 2.05) is 35.2 Å². The van der Waals surface area contributed by atoms with Crippen LogP contribution in [0.4, 0.5) is 0 Å². The normalized spacial score (nSPS) is 28.6. The average molecular weight is 370 g/mol. The number of nitrogens with one attached hydrogen (secondary N) is 2. The molecule has 5 heteroatoms. The molecule has 0 spiro atoms. The fourth-order valence-electron chi connectivity index (χ4n) is 5.02. The monoisotopic (exact) mass is 369 g/mol. The Hall–Kier alpha value is -1.88. The van der Waals surface area contributed by atoms with Crippen LogP contribution < -0.4 is 10.6 Å². The average Bonchev–Trinajstić information content (AvgIpc) is 3.16. The molecular weight excluding hydrogens is 338 g/mol. The SMILES string of the molecule is O=C(NCc1ccccc1)C1CCN(C(=O)C2CC3CCCCC3N2)CC1. The van der Waals surface area contributed by atoms with E-state index >= 15 is 0 Å². The van der Waals surface area contributed by atoms with Crippen LogP contribution >= 0.6 is 0 Å². The molecule has 0 aromatic heterocycles. The van der Waals surface area contributed by atoms with E-state index in [0.29, 0.717) is 31.6 Å². The van der Waals surface area contributed by atoms with Gasteiger partial charge in [0.2, 0.25) is 11.8 Å². The Morgan fingerprint density at radius 1 is 1.04 bits per heavy atom. The van der Waals surface area contributed by atoms with Crippen molar-refractivity contribution in [2.45, 2.75) is 63.6 Å². The van der Waals surface area contributed by atoms with E-state index in [-0.39, 0.29) is 23.8 Å². The summed E-state index contributed by atoms with van der Waals surface area (Å²) >= 11 is 0. The summed E-state index contributed by atoms with van der Waals surface area (Å²) in [7, 11) is 0. The van der Waals surface area contributed by atoms with E-state index in [2.05, 4.69) is 10.6 Å². The Balaban J connectivity index is 1.22. The summed E-state index contributed by atoms with van der Waals surface area (Å²) in [6, 6.07) is 10.5. The van der Waals surface area contributed by atoms with E-state index in [9.17, 15) is 9.59 Å². The molecule has 3 aliphatic rings. The molecule has 146 valence electrons. The van der Waals surface area contributed by atoms with Crippen molar-refractivity contribution >= 4 is 11.8 Å². The van der Waals surface area contributed by atoms with Gasteiger partial charge in [-0.1, -0.05) is 43.2 Å². The smallest absolute Gasteiger partial charge is 0.239 e. The lowest BCUT2D eigenvalue weighted by Gasteiger charge is -2.33. The van der Waals surface area contributed by atoms with Crippen molar-refractivity contribution < 1.29 is 9.59 Å². The molecule has 27 heavy (non-hydrogen) atoms. The van der Waals surface area contributed by atoms with Crippen LogP contribution in [-0.4, -0.2) is 41.9 Å². The molecule has 1 saturated carbocycles. The first-order valence-corrected chi connectivity index (χ1v) is 10.6. The lowest BCUT2D eigenvalue weighted by Crippen LogP contribution is -2.49. The Morgan fingerprint density at radius 2 is 1.78 bits per heavy atom. The Morgan fingerprint density at radius 3 is 2.52 bits per heavy atom. The third kappa shape index (κ3) is 4.34. The summed E-state index contributed by atoms with van der Waals surface area (Å²) in [6.45, 7) is 1.99. The van der Waals surface area contributed by atoms with Gasteiger partial charge in [0.1, 0.15) is 0 Å². The molecule has 5 nitrogen and oxygen atoms in total. The number of carbonyl (C=O) groups excluding carboxylic acids is 2. The van der Waals surface area contributed by atoms with Crippen LogP contribution in [0.25, 0.3) is 0 Å². The number of piperidine rings is 1. The van der Waals surface area contributed by atoms with E-state index < -0.39 is 0 Å². The number of hydrogen-bond acceptors (Lipinski definition) is 3. The zero-order chi connectivity index (χ0) is 18.6. The van der Waals surface area contributed by atoms with E-state index in [4.69, 9.17) is 0 Å². The zero-order valence-corrected chi connectivity index (χ0v) is 16.0. The van der Waals surface area contributed by atoms with Gasteiger partial charge in [0, 0.05) is 31.6 Å². The maximum atomic E-state index is 12.9. The van der Waals surface area contributed by atoms with Crippen molar-refractivity contribution in [1.82, 2.24) is 15.5 Å². The van der Waals surface area contributed by atoms with E-state index in [0.717, 1.165) is 24.8 Å². The minimum absolute atomic E-state index is 0.00144. The number of benzene rings is 1. The van der Waals surface area contributed by atoms with Crippen LogP contribution in [0.2, 0.25) is 0 Å². The fraction of sp³-hybridized carbons (Fsp3) is 0.636. The molecule has 2 saturated heterocycles. The van der Waals surface area contributed by atoms with Crippen LogP contribution in [0.1, 0.15) is 50.5 Å². The number of carbonyl (C=O) groups is 2. The second kappa shape index (κ2) is 8.42. The minimum Gasteiger partial charge on any atom is -0.352 e. The highest BCUT2D eigenvalue weighted by Crippen LogP contribution is 2.34. The maximum absolute atomic E-state index is 12.9. The molecule has 1 aromatic rings. The summed E-state index contributed by atoms with van der Waals surface area (Å²) in [4.78, 5) is 27.3. The van der Waals surface area contributed by atoms with E-state index in [1.54, 1.807) is 0 Å². The predicted octanol–water partition coefficient (Wildman–Crippen LogP) is 2.46. The van der Waals surface area contributed by atoms with Crippen LogP contribution in [0.3, 0.4) is 0 Å². The highest BCUT2D eigenvalue weighted by Gasteiger charge is 2.40. The zero-order valence-electron chi connectivity index (χ0n) is 16.0. The molecule has 1 aliphatic carbocycles. The topological polar surface area (TPSA) is 61.4 Å². The Labute approximate surface area is 161 Å². The molecule has 2 heterocycles. The molecule has 3 atom stereocenters.